The Labute approximate surface area is 223 Å². The number of hydrogen-bond donors (Lipinski definition) is 2. The highest BCUT2D eigenvalue weighted by molar-refractivity contribution is 7.17. The third kappa shape index (κ3) is 5.51. The standard InChI is InChI=1S/C28H30N6O3S/c1-4-37-13-5-12-34-23-16-20-19(31-26(35)22(30-20)14-17(2)3)15-21(23)32-28(34)33-27(36)25-7-6-24(38-25)18-8-10-29-11-9-18/h6-11,15-17H,4-5,12-14H2,1-3H3,(H,31,35)(H,32,33,36). The fourth-order valence-electron chi connectivity index (χ4n) is 4.35. The number of anilines is 1. The molecule has 10 heteroatoms. The first kappa shape index (κ1) is 25.7. The number of imidazole rings is 1. The smallest absolute Gasteiger partial charge is 0.270 e. The number of ether oxygens (including phenoxy) is 1. The molecule has 2 N–H and O–H groups in total. The molecule has 196 valence electrons. The van der Waals surface area contributed by atoms with Crippen LogP contribution in [0.2, 0.25) is 0 Å². The number of hydrogen-bond acceptors (Lipinski definition) is 7. The van der Waals surface area contributed by atoms with Gasteiger partial charge in [-0.05, 0) is 67.6 Å². The number of aromatic nitrogens is 5. The van der Waals surface area contributed by atoms with Crippen LogP contribution in [-0.4, -0.2) is 43.6 Å². The Kier molecular flexibility index (Phi) is 7.62. The van der Waals surface area contributed by atoms with Gasteiger partial charge in [-0.15, -0.1) is 11.3 Å². The number of carbonyl (C=O) groups is 1. The van der Waals surface area contributed by atoms with Crippen molar-refractivity contribution in [2.45, 2.75) is 40.2 Å². The van der Waals surface area contributed by atoms with Gasteiger partial charge in [-0.1, -0.05) is 13.8 Å². The van der Waals surface area contributed by atoms with Crippen LogP contribution in [0.5, 0.6) is 0 Å². The van der Waals surface area contributed by atoms with Gasteiger partial charge in [0, 0.05) is 37.0 Å². The summed E-state index contributed by atoms with van der Waals surface area (Å²) in [6.07, 6.45) is 4.82. The summed E-state index contributed by atoms with van der Waals surface area (Å²) < 4.78 is 7.52. The summed E-state index contributed by atoms with van der Waals surface area (Å²) in [7, 11) is 0. The molecule has 0 unspecified atom stereocenters. The summed E-state index contributed by atoms with van der Waals surface area (Å²) in [6, 6.07) is 11.3. The van der Waals surface area contributed by atoms with Gasteiger partial charge in [0.05, 0.1) is 26.9 Å². The van der Waals surface area contributed by atoms with Crippen molar-refractivity contribution in [2.24, 2.45) is 5.92 Å². The van der Waals surface area contributed by atoms with Crippen LogP contribution in [0.1, 0.15) is 42.6 Å². The summed E-state index contributed by atoms with van der Waals surface area (Å²) >= 11 is 1.41. The van der Waals surface area contributed by atoms with E-state index >= 15 is 0 Å². The minimum atomic E-state index is -0.230. The van der Waals surface area contributed by atoms with Gasteiger partial charge in [0.25, 0.3) is 11.5 Å². The van der Waals surface area contributed by atoms with Gasteiger partial charge in [0.2, 0.25) is 5.95 Å². The maximum absolute atomic E-state index is 13.2. The molecule has 0 fully saturated rings. The predicted octanol–water partition coefficient (Wildman–Crippen LogP) is 5.27. The lowest BCUT2D eigenvalue weighted by Gasteiger charge is -2.10. The first-order chi connectivity index (χ1) is 18.4. The molecule has 0 spiro atoms. The van der Waals surface area contributed by atoms with Crippen molar-refractivity contribution >= 4 is 45.3 Å². The Balaban J connectivity index is 1.50. The highest BCUT2D eigenvalue weighted by atomic mass is 32.1. The first-order valence-corrected chi connectivity index (χ1v) is 13.6. The fourth-order valence-corrected chi connectivity index (χ4v) is 5.26. The van der Waals surface area contributed by atoms with E-state index in [1.54, 1.807) is 12.4 Å². The van der Waals surface area contributed by atoms with Gasteiger partial charge in [0.15, 0.2) is 0 Å². The van der Waals surface area contributed by atoms with E-state index in [9.17, 15) is 9.59 Å². The monoisotopic (exact) mass is 530 g/mol. The molecule has 9 nitrogen and oxygen atoms in total. The molecule has 1 amide bonds. The van der Waals surface area contributed by atoms with Crippen molar-refractivity contribution in [1.82, 2.24) is 24.5 Å². The summed E-state index contributed by atoms with van der Waals surface area (Å²) in [4.78, 5) is 43.8. The van der Waals surface area contributed by atoms with Crippen LogP contribution in [0.3, 0.4) is 0 Å². The van der Waals surface area contributed by atoms with E-state index in [1.807, 2.05) is 47.9 Å². The van der Waals surface area contributed by atoms with E-state index in [2.05, 4.69) is 34.1 Å². The van der Waals surface area contributed by atoms with Crippen LogP contribution in [0.25, 0.3) is 32.5 Å². The third-order valence-corrected chi connectivity index (χ3v) is 7.26. The van der Waals surface area contributed by atoms with Crippen molar-refractivity contribution in [3.05, 3.63) is 69.7 Å². The van der Waals surface area contributed by atoms with E-state index in [0.29, 0.717) is 65.2 Å². The summed E-state index contributed by atoms with van der Waals surface area (Å²) in [5.74, 6) is 0.527. The number of aromatic amines is 1. The highest BCUT2D eigenvalue weighted by Crippen LogP contribution is 2.29. The molecular formula is C28H30N6O3S. The zero-order valence-corrected chi connectivity index (χ0v) is 22.5. The zero-order chi connectivity index (χ0) is 26.6. The van der Waals surface area contributed by atoms with Crippen molar-refractivity contribution in [2.75, 3.05) is 18.5 Å². The second-order valence-corrected chi connectivity index (χ2v) is 10.5. The number of pyridine rings is 1. The Morgan fingerprint density at radius 1 is 1.13 bits per heavy atom. The molecule has 4 aromatic heterocycles. The van der Waals surface area contributed by atoms with Gasteiger partial charge < -0.3 is 14.3 Å². The van der Waals surface area contributed by atoms with Crippen LogP contribution in [0.4, 0.5) is 5.95 Å². The molecule has 0 atom stereocenters. The van der Waals surface area contributed by atoms with Gasteiger partial charge in [-0.25, -0.2) is 9.97 Å². The number of thiophene rings is 1. The molecule has 5 aromatic rings. The molecular weight excluding hydrogens is 500 g/mol. The largest absolute Gasteiger partial charge is 0.382 e. The lowest BCUT2D eigenvalue weighted by Crippen LogP contribution is -2.17. The fraction of sp³-hybridized carbons (Fsp3) is 0.321. The molecule has 5 rings (SSSR count). The zero-order valence-electron chi connectivity index (χ0n) is 21.7. The molecule has 1 aromatic carbocycles. The Morgan fingerprint density at radius 2 is 1.95 bits per heavy atom. The summed E-state index contributed by atoms with van der Waals surface area (Å²) in [6.45, 7) is 7.93. The van der Waals surface area contributed by atoms with Crippen molar-refractivity contribution in [1.29, 1.82) is 0 Å². The van der Waals surface area contributed by atoms with E-state index in [0.717, 1.165) is 22.4 Å². The molecule has 0 aliphatic heterocycles. The van der Waals surface area contributed by atoms with Gasteiger partial charge >= 0.3 is 0 Å². The summed E-state index contributed by atoms with van der Waals surface area (Å²) in [5, 5.41) is 3.00. The molecule has 0 saturated heterocycles. The lowest BCUT2D eigenvalue weighted by atomic mass is 10.1. The number of benzene rings is 1. The Morgan fingerprint density at radius 3 is 2.71 bits per heavy atom. The van der Waals surface area contributed by atoms with Gasteiger partial charge in [0.1, 0.15) is 5.69 Å². The van der Waals surface area contributed by atoms with Crippen LogP contribution in [-0.2, 0) is 17.7 Å². The highest BCUT2D eigenvalue weighted by Gasteiger charge is 2.18. The molecule has 0 saturated carbocycles. The minimum Gasteiger partial charge on any atom is -0.382 e. The van der Waals surface area contributed by atoms with E-state index in [4.69, 9.17) is 9.72 Å². The van der Waals surface area contributed by atoms with Crippen LogP contribution >= 0.6 is 11.3 Å². The van der Waals surface area contributed by atoms with E-state index < -0.39 is 0 Å². The summed E-state index contributed by atoms with van der Waals surface area (Å²) in [5.41, 5.74) is 4.16. The quantitative estimate of drug-likeness (QED) is 0.238. The third-order valence-electron chi connectivity index (χ3n) is 6.13. The number of nitrogens with one attached hydrogen (secondary N) is 2. The number of fused-ring (bicyclic) bond motifs is 2. The number of nitrogens with zero attached hydrogens (tertiary/aromatic N) is 4. The van der Waals surface area contributed by atoms with Crippen molar-refractivity contribution < 1.29 is 9.53 Å². The Bertz CT molecular complexity index is 1640. The van der Waals surface area contributed by atoms with E-state index in [-0.39, 0.29) is 11.5 Å². The molecule has 0 aliphatic rings. The van der Waals surface area contributed by atoms with Crippen LogP contribution in [0, 0.1) is 5.92 Å². The maximum Gasteiger partial charge on any atom is 0.270 e. The second-order valence-electron chi connectivity index (χ2n) is 9.46. The molecule has 38 heavy (non-hydrogen) atoms. The lowest BCUT2D eigenvalue weighted by molar-refractivity contribution is 0.102. The van der Waals surface area contributed by atoms with Crippen molar-refractivity contribution in [3.8, 4) is 10.4 Å². The average Bonchev–Trinajstić information content (AvgIpc) is 3.51. The Hall–Kier alpha value is -3.89. The molecule has 0 radical (unpaired) electrons. The minimum absolute atomic E-state index is 0.182. The molecule has 0 aliphatic carbocycles. The van der Waals surface area contributed by atoms with Gasteiger partial charge in [-0.3, -0.25) is 19.9 Å². The molecule has 0 bridgehead atoms. The number of aryl methyl sites for hydroxylation is 1. The number of amides is 1. The second kappa shape index (κ2) is 11.2. The van der Waals surface area contributed by atoms with E-state index in [1.165, 1.54) is 11.3 Å². The number of carbonyl (C=O) groups excluding carboxylic acids is 1. The maximum atomic E-state index is 13.2. The number of rotatable bonds is 10. The van der Waals surface area contributed by atoms with Crippen molar-refractivity contribution in [3.63, 3.8) is 0 Å². The van der Waals surface area contributed by atoms with Gasteiger partial charge in [-0.2, -0.15) is 0 Å². The SMILES string of the molecule is CCOCCCn1c(NC(=O)c2ccc(-c3ccncc3)s2)nc2cc3[nH]c(=O)c(CC(C)C)nc3cc21. The molecule has 4 heterocycles. The van der Waals surface area contributed by atoms with Crippen LogP contribution < -0.4 is 10.9 Å². The average molecular weight is 531 g/mol. The first-order valence-electron chi connectivity index (χ1n) is 12.8. The topological polar surface area (TPSA) is 115 Å². The predicted molar refractivity (Wildman–Crippen MR) is 151 cm³/mol. The number of H-pyrrole nitrogens is 1. The normalized spacial score (nSPS) is 11.6. The van der Waals surface area contributed by atoms with Crippen LogP contribution in [0.15, 0.2) is 53.6 Å².